The van der Waals surface area contributed by atoms with Crippen LogP contribution in [0.2, 0.25) is 5.02 Å². The van der Waals surface area contributed by atoms with Crippen molar-refractivity contribution in [2.24, 2.45) is 5.73 Å². The van der Waals surface area contributed by atoms with E-state index in [9.17, 15) is 4.79 Å². The summed E-state index contributed by atoms with van der Waals surface area (Å²) in [7, 11) is 0. The van der Waals surface area contributed by atoms with Crippen LogP contribution >= 0.6 is 23.8 Å². The molecule has 0 bridgehead atoms. The molecule has 0 heterocycles. The highest BCUT2D eigenvalue weighted by atomic mass is 35.5. The van der Waals surface area contributed by atoms with Gasteiger partial charge in [0.2, 0.25) is 5.91 Å². The van der Waals surface area contributed by atoms with Crippen LogP contribution in [0, 0.1) is 0 Å². The van der Waals surface area contributed by atoms with E-state index in [1.165, 1.54) is 12.8 Å². The second-order valence-electron chi connectivity index (χ2n) is 5.23. The van der Waals surface area contributed by atoms with Crippen molar-refractivity contribution in [2.75, 3.05) is 6.54 Å². The Morgan fingerprint density at radius 2 is 1.90 bits per heavy atom. The molecule has 0 atom stereocenters. The molecular formula is C15H19ClN2OS. The minimum Gasteiger partial charge on any atom is -0.392 e. The van der Waals surface area contributed by atoms with Crippen LogP contribution in [0.25, 0.3) is 0 Å². The molecule has 1 aromatic rings. The summed E-state index contributed by atoms with van der Waals surface area (Å²) in [6, 6.07) is 7.66. The second kappa shape index (κ2) is 7.04. The number of carbonyl (C=O) groups excluding carboxylic acids is 1. The smallest absolute Gasteiger partial charge is 0.227 e. The largest absolute Gasteiger partial charge is 0.392 e. The number of amides is 1. The zero-order chi connectivity index (χ0) is 14.5. The number of nitrogens with two attached hydrogens (primary N) is 1. The van der Waals surface area contributed by atoms with Crippen molar-refractivity contribution in [3.8, 4) is 0 Å². The first-order valence-electron chi connectivity index (χ1n) is 6.88. The molecule has 5 heteroatoms. The lowest BCUT2D eigenvalue weighted by atomic mass is 10.1. The molecule has 2 rings (SSSR count). The molecular weight excluding hydrogens is 292 g/mol. The molecule has 3 nitrogen and oxygen atoms in total. The topological polar surface area (TPSA) is 46.3 Å². The van der Waals surface area contributed by atoms with Crippen LogP contribution in [0.4, 0.5) is 0 Å². The summed E-state index contributed by atoms with van der Waals surface area (Å²) in [5, 5.41) is 0.678. The third kappa shape index (κ3) is 4.18. The van der Waals surface area contributed by atoms with Crippen LogP contribution in [0.1, 0.15) is 31.2 Å². The fourth-order valence-electron chi connectivity index (χ4n) is 2.68. The van der Waals surface area contributed by atoms with Gasteiger partial charge in [-0.25, -0.2) is 0 Å². The molecule has 0 aliphatic heterocycles. The average Bonchev–Trinajstić information content (AvgIpc) is 2.92. The van der Waals surface area contributed by atoms with E-state index in [1.54, 1.807) is 12.1 Å². The lowest BCUT2D eigenvalue weighted by Crippen LogP contribution is -2.44. The number of hydrogen-bond acceptors (Lipinski definition) is 2. The molecule has 1 aliphatic rings. The Balaban J connectivity index is 2.05. The van der Waals surface area contributed by atoms with E-state index in [4.69, 9.17) is 29.6 Å². The first-order chi connectivity index (χ1) is 9.56. The van der Waals surface area contributed by atoms with E-state index in [0.717, 1.165) is 18.4 Å². The van der Waals surface area contributed by atoms with Crippen LogP contribution in [0.15, 0.2) is 24.3 Å². The molecule has 1 fully saturated rings. The highest BCUT2D eigenvalue weighted by molar-refractivity contribution is 7.80. The molecule has 20 heavy (non-hydrogen) atoms. The lowest BCUT2D eigenvalue weighted by Gasteiger charge is -2.28. The fraction of sp³-hybridized carbons (Fsp3) is 0.467. The predicted molar refractivity (Wildman–Crippen MR) is 85.9 cm³/mol. The standard InChI is InChI=1S/C15H19ClN2OS/c16-12-7-5-11(6-8-12)9-15(19)18(10-14(17)20)13-3-1-2-4-13/h5-8,13H,1-4,9-10H2,(H2,17,20). The summed E-state index contributed by atoms with van der Waals surface area (Å²) < 4.78 is 0. The van der Waals surface area contributed by atoms with Crippen LogP contribution in [-0.4, -0.2) is 28.4 Å². The lowest BCUT2D eigenvalue weighted by molar-refractivity contribution is -0.131. The molecule has 1 aliphatic carbocycles. The van der Waals surface area contributed by atoms with Crippen LogP contribution in [-0.2, 0) is 11.2 Å². The first-order valence-corrected chi connectivity index (χ1v) is 7.67. The number of rotatable bonds is 5. The van der Waals surface area contributed by atoms with Gasteiger partial charge in [0.05, 0.1) is 18.0 Å². The Bertz CT molecular complexity index is 483. The number of nitrogens with zero attached hydrogens (tertiary/aromatic N) is 1. The van der Waals surface area contributed by atoms with Crippen LogP contribution in [0.5, 0.6) is 0 Å². The summed E-state index contributed by atoms with van der Waals surface area (Å²) in [4.78, 5) is 14.7. The maximum atomic E-state index is 12.5. The maximum Gasteiger partial charge on any atom is 0.227 e. The summed E-state index contributed by atoms with van der Waals surface area (Å²) in [5.41, 5.74) is 6.60. The fourth-order valence-corrected chi connectivity index (χ4v) is 2.95. The van der Waals surface area contributed by atoms with Gasteiger partial charge in [-0.1, -0.05) is 48.8 Å². The molecule has 0 aromatic heterocycles. The van der Waals surface area contributed by atoms with E-state index >= 15 is 0 Å². The summed E-state index contributed by atoms with van der Waals surface area (Å²) in [6.07, 6.45) is 4.82. The minimum absolute atomic E-state index is 0.0898. The SMILES string of the molecule is NC(=S)CN(C(=O)Cc1ccc(Cl)cc1)C1CCCC1. The van der Waals surface area contributed by atoms with Crippen molar-refractivity contribution >= 4 is 34.7 Å². The van der Waals surface area contributed by atoms with Gasteiger partial charge in [0.1, 0.15) is 0 Å². The van der Waals surface area contributed by atoms with Crippen molar-refractivity contribution in [1.82, 2.24) is 4.90 Å². The Morgan fingerprint density at radius 1 is 1.30 bits per heavy atom. The molecule has 108 valence electrons. The van der Waals surface area contributed by atoms with E-state index < -0.39 is 0 Å². The maximum absolute atomic E-state index is 12.5. The second-order valence-corrected chi connectivity index (χ2v) is 6.19. The summed E-state index contributed by atoms with van der Waals surface area (Å²) in [5.74, 6) is 0.0898. The molecule has 0 saturated heterocycles. The van der Waals surface area contributed by atoms with Gasteiger partial charge in [-0.15, -0.1) is 0 Å². The number of benzene rings is 1. The van der Waals surface area contributed by atoms with Crippen LogP contribution < -0.4 is 5.73 Å². The molecule has 2 N–H and O–H groups in total. The summed E-state index contributed by atoms with van der Waals surface area (Å²) in [6.45, 7) is 0.381. The molecule has 0 radical (unpaired) electrons. The van der Waals surface area contributed by atoms with Crippen molar-refractivity contribution in [2.45, 2.75) is 38.1 Å². The van der Waals surface area contributed by atoms with Crippen molar-refractivity contribution in [3.05, 3.63) is 34.9 Å². The first kappa shape index (κ1) is 15.3. The number of hydrogen-bond donors (Lipinski definition) is 1. The molecule has 1 amide bonds. The summed E-state index contributed by atoms with van der Waals surface area (Å²) >= 11 is 10.8. The highest BCUT2D eigenvalue weighted by Crippen LogP contribution is 2.24. The van der Waals surface area contributed by atoms with Crippen LogP contribution in [0.3, 0.4) is 0 Å². The Labute approximate surface area is 130 Å². The van der Waals surface area contributed by atoms with Gasteiger partial charge in [0.25, 0.3) is 0 Å². The predicted octanol–water partition coefficient (Wildman–Crippen LogP) is 2.94. The monoisotopic (exact) mass is 310 g/mol. The third-order valence-corrected chi connectivity index (χ3v) is 4.06. The minimum atomic E-state index is 0.0898. The Kier molecular flexibility index (Phi) is 5.38. The zero-order valence-electron chi connectivity index (χ0n) is 11.3. The van der Waals surface area contributed by atoms with Gasteiger partial charge in [0.15, 0.2) is 0 Å². The number of thiocarbonyl (C=S) groups is 1. The molecule has 0 unspecified atom stereocenters. The third-order valence-electron chi connectivity index (χ3n) is 3.68. The van der Waals surface area contributed by atoms with E-state index in [-0.39, 0.29) is 11.9 Å². The highest BCUT2D eigenvalue weighted by Gasteiger charge is 2.26. The van der Waals surface area contributed by atoms with E-state index in [2.05, 4.69) is 0 Å². The average molecular weight is 311 g/mol. The molecule has 0 spiro atoms. The van der Waals surface area contributed by atoms with Crippen molar-refractivity contribution < 1.29 is 4.79 Å². The van der Waals surface area contributed by atoms with Gasteiger partial charge in [0, 0.05) is 11.1 Å². The Morgan fingerprint density at radius 3 is 2.45 bits per heavy atom. The quantitative estimate of drug-likeness (QED) is 0.851. The van der Waals surface area contributed by atoms with Crippen molar-refractivity contribution in [3.63, 3.8) is 0 Å². The van der Waals surface area contributed by atoms with Gasteiger partial charge < -0.3 is 10.6 Å². The number of halogens is 1. The van der Waals surface area contributed by atoms with Gasteiger partial charge in [-0.3, -0.25) is 4.79 Å². The van der Waals surface area contributed by atoms with Gasteiger partial charge in [-0.2, -0.15) is 0 Å². The van der Waals surface area contributed by atoms with E-state index in [0.29, 0.717) is 23.0 Å². The zero-order valence-corrected chi connectivity index (χ0v) is 12.9. The molecule has 1 aromatic carbocycles. The normalized spacial score (nSPS) is 15.2. The van der Waals surface area contributed by atoms with E-state index in [1.807, 2.05) is 17.0 Å². The van der Waals surface area contributed by atoms with Gasteiger partial charge >= 0.3 is 0 Å². The molecule has 1 saturated carbocycles. The number of carbonyl (C=O) groups is 1. The Hall–Kier alpha value is -1.13. The van der Waals surface area contributed by atoms with Gasteiger partial charge in [-0.05, 0) is 30.5 Å². The van der Waals surface area contributed by atoms with Crippen molar-refractivity contribution in [1.29, 1.82) is 0 Å².